The molecule has 1 unspecified atom stereocenters. The molecule has 1 atom stereocenters. The van der Waals surface area contributed by atoms with Crippen molar-refractivity contribution in [3.8, 4) is 0 Å². The topological polar surface area (TPSA) is 29.5 Å². The summed E-state index contributed by atoms with van der Waals surface area (Å²) in [6, 6.07) is 8.83. The molecule has 1 aromatic rings. The third-order valence-electron chi connectivity index (χ3n) is 4.69. The van der Waals surface area contributed by atoms with Crippen LogP contribution >= 0.6 is 0 Å². The van der Waals surface area contributed by atoms with Gasteiger partial charge in [0.1, 0.15) is 18.6 Å². The maximum Gasteiger partial charge on any atom is 0.133 e. The van der Waals surface area contributed by atoms with Gasteiger partial charge in [-0.1, -0.05) is 57.4 Å². The third kappa shape index (κ3) is 4.52. The van der Waals surface area contributed by atoms with Crippen LogP contribution in [0, 0.1) is 5.92 Å². The molecule has 0 spiro atoms. The van der Waals surface area contributed by atoms with Gasteiger partial charge in [-0.15, -0.1) is 0 Å². The molecule has 1 fully saturated rings. The minimum atomic E-state index is 0.261. The molecule has 1 aliphatic carbocycles. The summed E-state index contributed by atoms with van der Waals surface area (Å²) in [4.78, 5) is 0. The molecule has 0 heterocycles. The van der Waals surface area contributed by atoms with Crippen LogP contribution in [0.25, 0.3) is 0 Å². The van der Waals surface area contributed by atoms with E-state index in [1.54, 1.807) is 0 Å². The molecule has 116 valence electrons. The van der Waals surface area contributed by atoms with E-state index in [-0.39, 0.29) is 5.92 Å². The van der Waals surface area contributed by atoms with Crippen molar-refractivity contribution in [1.82, 2.24) is 0 Å². The van der Waals surface area contributed by atoms with Crippen molar-refractivity contribution in [2.75, 3.05) is 0 Å². The summed E-state index contributed by atoms with van der Waals surface area (Å²) in [6.07, 6.45) is 8.87. The molecule has 0 aromatic heterocycles. The lowest BCUT2D eigenvalue weighted by molar-refractivity contribution is 0.155. The Morgan fingerprint density at radius 2 is 1.90 bits per heavy atom. The van der Waals surface area contributed by atoms with E-state index in [1.807, 2.05) is 0 Å². The highest BCUT2D eigenvalue weighted by Gasteiger charge is 2.15. The van der Waals surface area contributed by atoms with Gasteiger partial charge in [-0.25, -0.2) is 0 Å². The predicted molar refractivity (Wildman–Crippen MR) is 87.2 cm³/mol. The number of allylic oxidation sites excluding steroid dienone is 1. The van der Waals surface area contributed by atoms with E-state index >= 15 is 0 Å². The fraction of sp³-hybridized carbons (Fsp3) is 0.579. The van der Waals surface area contributed by atoms with Crippen LogP contribution in [0.1, 0.15) is 69.4 Å². The van der Waals surface area contributed by atoms with Gasteiger partial charge < -0.3 is 9.84 Å². The van der Waals surface area contributed by atoms with E-state index in [1.165, 1.54) is 37.7 Å². The minimum Gasteiger partial charge on any atom is -0.512 e. The van der Waals surface area contributed by atoms with Crippen molar-refractivity contribution >= 4 is 0 Å². The van der Waals surface area contributed by atoms with Gasteiger partial charge >= 0.3 is 0 Å². The third-order valence-corrected chi connectivity index (χ3v) is 4.69. The van der Waals surface area contributed by atoms with Gasteiger partial charge in [0.15, 0.2) is 0 Å². The Balaban J connectivity index is 1.90. The smallest absolute Gasteiger partial charge is 0.133 e. The molecular weight excluding hydrogens is 260 g/mol. The monoisotopic (exact) mass is 288 g/mol. The highest BCUT2D eigenvalue weighted by molar-refractivity contribution is 5.25. The van der Waals surface area contributed by atoms with Crippen LogP contribution in [0.15, 0.2) is 36.3 Å². The van der Waals surface area contributed by atoms with E-state index in [2.05, 4.69) is 38.1 Å². The minimum absolute atomic E-state index is 0.261. The highest BCUT2D eigenvalue weighted by atomic mass is 16.5. The van der Waals surface area contributed by atoms with Crippen molar-refractivity contribution < 1.29 is 9.84 Å². The van der Waals surface area contributed by atoms with E-state index in [0.717, 1.165) is 24.2 Å². The van der Waals surface area contributed by atoms with Gasteiger partial charge in [-0.3, -0.25) is 0 Å². The molecule has 1 aliphatic rings. The van der Waals surface area contributed by atoms with Gasteiger partial charge in [0.25, 0.3) is 0 Å². The average molecular weight is 288 g/mol. The van der Waals surface area contributed by atoms with Crippen LogP contribution in [-0.4, -0.2) is 5.11 Å². The fourth-order valence-electron chi connectivity index (χ4n) is 3.00. The Bertz CT molecular complexity index is 441. The number of rotatable bonds is 6. The number of aliphatic hydroxyl groups excluding tert-OH is 1. The standard InChI is InChI=1S/C19H28O2/c1-3-15(2)19(13-20)21-14-16-9-11-18(12-10-16)17-7-5-4-6-8-17/h9-13,15,17,20H,3-8,14H2,1-2H3/b19-13-. The Hall–Kier alpha value is -1.44. The Morgan fingerprint density at radius 1 is 1.24 bits per heavy atom. The molecule has 0 amide bonds. The molecule has 0 bridgehead atoms. The van der Waals surface area contributed by atoms with Crippen molar-refractivity contribution in [2.45, 2.75) is 64.9 Å². The quantitative estimate of drug-likeness (QED) is 0.681. The van der Waals surface area contributed by atoms with E-state index < -0.39 is 0 Å². The summed E-state index contributed by atoms with van der Waals surface area (Å²) < 4.78 is 5.73. The lowest BCUT2D eigenvalue weighted by Gasteiger charge is -2.22. The summed E-state index contributed by atoms with van der Waals surface area (Å²) in [5, 5.41) is 9.23. The molecule has 1 aromatic carbocycles. The first-order valence-corrected chi connectivity index (χ1v) is 8.30. The van der Waals surface area contributed by atoms with Crippen LogP contribution in [0.3, 0.4) is 0 Å². The summed E-state index contributed by atoms with van der Waals surface area (Å²) in [6.45, 7) is 4.69. The summed E-state index contributed by atoms with van der Waals surface area (Å²) >= 11 is 0. The van der Waals surface area contributed by atoms with Gasteiger partial charge in [0, 0.05) is 5.92 Å². The zero-order chi connectivity index (χ0) is 15.1. The van der Waals surface area contributed by atoms with Crippen molar-refractivity contribution in [3.63, 3.8) is 0 Å². The highest BCUT2D eigenvalue weighted by Crippen LogP contribution is 2.32. The van der Waals surface area contributed by atoms with Crippen LogP contribution in [-0.2, 0) is 11.3 Å². The van der Waals surface area contributed by atoms with E-state index in [0.29, 0.717) is 12.4 Å². The average Bonchev–Trinajstić information content (AvgIpc) is 2.56. The zero-order valence-electron chi connectivity index (χ0n) is 13.3. The molecule has 0 aliphatic heterocycles. The molecule has 0 radical (unpaired) electrons. The Kier molecular flexibility index (Phi) is 6.16. The maximum absolute atomic E-state index is 9.23. The molecule has 2 rings (SSSR count). The second-order valence-electron chi connectivity index (χ2n) is 6.21. The molecule has 2 nitrogen and oxygen atoms in total. The fourth-order valence-corrected chi connectivity index (χ4v) is 3.00. The Labute approximate surface area is 128 Å². The number of aliphatic hydroxyl groups is 1. The first kappa shape index (κ1) is 15.9. The molecular formula is C19H28O2. The van der Waals surface area contributed by atoms with Crippen molar-refractivity contribution in [1.29, 1.82) is 0 Å². The summed E-state index contributed by atoms with van der Waals surface area (Å²) in [5.74, 6) is 1.69. The molecule has 1 saturated carbocycles. The number of hydrogen-bond donors (Lipinski definition) is 1. The lowest BCUT2D eigenvalue weighted by atomic mass is 9.84. The first-order chi connectivity index (χ1) is 10.2. The van der Waals surface area contributed by atoms with Gasteiger partial charge in [0.05, 0.1) is 0 Å². The SMILES string of the molecule is CCC(C)/C(=C/O)OCc1ccc(C2CCCCC2)cc1. The van der Waals surface area contributed by atoms with E-state index in [9.17, 15) is 5.11 Å². The van der Waals surface area contributed by atoms with E-state index in [4.69, 9.17) is 4.74 Å². The number of ether oxygens (including phenoxy) is 1. The van der Waals surface area contributed by atoms with Gasteiger partial charge in [-0.2, -0.15) is 0 Å². The second-order valence-corrected chi connectivity index (χ2v) is 6.21. The van der Waals surface area contributed by atoms with Gasteiger partial charge in [-0.05, 0) is 36.3 Å². The van der Waals surface area contributed by atoms with Crippen molar-refractivity contribution in [2.24, 2.45) is 5.92 Å². The van der Waals surface area contributed by atoms with Gasteiger partial charge in [0.2, 0.25) is 0 Å². The van der Waals surface area contributed by atoms with Crippen LogP contribution < -0.4 is 0 Å². The summed E-state index contributed by atoms with van der Waals surface area (Å²) in [5.41, 5.74) is 2.63. The second kappa shape index (κ2) is 8.11. The van der Waals surface area contributed by atoms with Crippen LogP contribution in [0.2, 0.25) is 0 Å². The number of hydrogen-bond acceptors (Lipinski definition) is 2. The van der Waals surface area contributed by atoms with Crippen LogP contribution in [0.4, 0.5) is 0 Å². The largest absolute Gasteiger partial charge is 0.512 e. The molecule has 1 N–H and O–H groups in total. The normalized spacial score (nSPS) is 18.5. The first-order valence-electron chi connectivity index (χ1n) is 8.30. The molecule has 2 heteroatoms. The zero-order valence-corrected chi connectivity index (χ0v) is 13.3. The van der Waals surface area contributed by atoms with Crippen LogP contribution in [0.5, 0.6) is 0 Å². The number of benzene rings is 1. The lowest BCUT2D eigenvalue weighted by Crippen LogP contribution is -2.05. The molecule has 21 heavy (non-hydrogen) atoms. The summed E-state index contributed by atoms with van der Waals surface area (Å²) in [7, 11) is 0. The Morgan fingerprint density at radius 3 is 2.48 bits per heavy atom. The molecule has 0 saturated heterocycles. The maximum atomic E-state index is 9.23. The predicted octanol–water partition coefficient (Wildman–Crippen LogP) is 5.70. The van der Waals surface area contributed by atoms with Crippen molar-refractivity contribution in [3.05, 3.63) is 47.4 Å².